The summed E-state index contributed by atoms with van der Waals surface area (Å²) in [6, 6.07) is -0.0733. The normalized spacial score (nSPS) is 11.0. The molecule has 0 aliphatic rings. The Kier molecular flexibility index (Phi) is 3.86. The third kappa shape index (κ3) is 2.57. The molecule has 0 unspecified atom stereocenters. The third-order valence-corrected chi connectivity index (χ3v) is 1.33. The van der Waals surface area contributed by atoms with E-state index in [0.29, 0.717) is 0 Å². The second kappa shape index (κ2) is 4.00. The minimum absolute atomic E-state index is 0. The number of halogens is 5. The lowest BCUT2D eigenvalue weighted by atomic mass is 10.4. The first kappa shape index (κ1) is 11.6. The molecule has 0 fully saturated rings. The van der Waals surface area contributed by atoms with E-state index in [1.165, 1.54) is 0 Å². The Morgan fingerprint density at radius 3 is 2.33 bits per heavy atom. The van der Waals surface area contributed by atoms with Gasteiger partial charge in [0.1, 0.15) is 6.00 Å². The van der Waals surface area contributed by atoms with E-state index in [1.807, 2.05) is 0 Å². The summed E-state index contributed by atoms with van der Waals surface area (Å²) in [5.41, 5.74) is -0.779. The van der Waals surface area contributed by atoms with Crippen LogP contribution in [-0.2, 0) is 12.2 Å². The fourth-order valence-electron chi connectivity index (χ4n) is 0.575. The zero-order chi connectivity index (χ0) is 8.48. The minimum Gasteiger partial charge on any atom is -0.257 e. The van der Waals surface area contributed by atoms with Gasteiger partial charge in [-0.1, -0.05) is 0 Å². The lowest BCUT2D eigenvalue weighted by Crippen LogP contribution is -2.02. The van der Waals surface area contributed by atoms with Crippen LogP contribution in [0.25, 0.3) is 0 Å². The van der Waals surface area contributed by atoms with E-state index in [1.54, 1.807) is 0 Å². The Bertz CT molecular complexity index is 245. The van der Waals surface area contributed by atoms with Gasteiger partial charge in [-0.25, -0.2) is 0 Å². The van der Waals surface area contributed by atoms with E-state index >= 15 is 0 Å². The summed E-state index contributed by atoms with van der Waals surface area (Å²) in [5, 5.41) is 3.37. The average Bonchev–Trinajstić information content (AvgIpc) is 2.32. The van der Waals surface area contributed by atoms with E-state index in [-0.39, 0.29) is 18.4 Å². The highest BCUT2D eigenvalue weighted by atomic mass is 35.5. The molecular formula is C5H5Cl2F3N2. The quantitative estimate of drug-likeness (QED) is 0.666. The van der Waals surface area contributed by atoms with Crippen molar-refractivity contribution >= 4 is 24.0 Å². The standard InChI is InChI=1S/C5H4ClF3N2.ClH/c6-3-11-2-4(1-10-11)5(7,8)9;/h1-2H,3H2;1H. The van der Waals surface area contributed by atoms with Crippen LogP contribution in [0.15, 0.2) is 12.4 Å². The van der Waals surface area contributed by atoms with Crippen LogP contribution in [0.4, 0.5) is 13.2 Å². The second-order valence-corrected chi connectivity index (χ2v) is 2.12. The van der Waals surface area contributed by atoms with Gasteiger partial charge in [0, 0.05) is 6.20 Å². The summed E-state index contributed by atoms with van der Waals surface area (Å²) >= 11 is 5.22. The molecule has 0 saturated carbocycles. The molecule has 12 heavy (non-hydrogen) atoms. The number of rotatable bonds is 1. The number of alkyl halides is 4. The highest BCUT2D eigenvalue weighted by molar-refractivity contribution is 6.15. The molecule has 1 aromatic rings. The summed E-state index contributed by atoms with van der Waals surface area (Å²) in [7, 11) is 0. The Labute approximate surface area is 77.7 Å². The molecule has 0 spiro atoms. The topological polar surface area (TPSA) is 17.8 Å². The van der Waals surface area contributed by atoms with Gasteiger partial charge >= 0.3 is 6.18 Å². The zero-order valence-electron chi connectivity index (χ0n) is 5.68. The summed E-state index contributed by atoms with van der Waals surface area (Å²) < 4.78 is 36.5. The Morgan fingerprint density at radius 2 is 2.08 bits per heavy atom. The summed E-state index contributed by atoms with van der Waals surface area (Å²) in [6.45, 7) is 0. The Balaban J connectivity index is 0.00000121. The van der Waals surface area contributed by atoms with Crippen molar-refractivity contribution in [3.8, 4) is 0 Å². The van der Waals surface area contributed by atoms with E-state index in [0.717, 1.165) is 17.1 Å². The van der Waals surface area contributed by atoms with Crippen LogP contribution in [0.5, 0.6) is 0 Å². The molecule has 0 atom stereocenters. The van der Waals surface area contributed by atoms with Crippen molar-refractivity contribution in [1.82, 2.24) is 9.78 Å². The SMILES string of the molecule is Cl.FC(F)(F)c1cnn(CCl)c1. The molecule has 0 saturated heterocycles. The summed E-state index contributed by atoms with van der Waals surface area (Å²) in [5.74, 6) is 0. The predicted octanol–water partition coefficient (Wildman–Crippen LogP) is 2.52. The zero-order valence-corrected chi connectivity index (χ0v) is 7.25. The smallest absolute Gasteiger partial charge is 0.257 e. The van der Waals surface area contributed by atoms with Gasteiger partial charge in [0.05, 0.1) is 11.8 Å². The van der Waals surface area contributed by atoms with Crippen molar-refractivity contribution in [3.63, 3.8) is 0 Å². The number of hydrogen-bond donors (Lipinski definition) is 0. The van der Waals surface area contributed by atoms with Crippen LogP contribution >= 0.6 is 24.0 Å². The number of aromatic nitrogens is 2. The predicted molar refractivity (Wildman–Crippen MR) is 40.3 cm³/mol. The van der Waals surface area contributed by atoms with Gasteiger partial charge in [0.2, 0.25) is 0 Å². The van der Waals surface area contributed by atoms with Crippen molar-refractivity contribution in [1.29, 1.82) is 0 Å². The van der Waals surface area contributed by atoms with Gasteiger partial charge in [-0.3, -0.25) is 4.68 Å². The van der Waals surface area contributed by atoms with E-state index < -0.39 is 11.7 Å². The van der Waals surface area contributed by atoms with Crippen molar-refractivity contribution in [2.75, 3.05) is 0 Å². The molecular weight excluding hydrogens is 216 g/mol. The largest absolute Gasteiger partial charge is 0.419 e. The summed E-state index contributed by atoms with van der Waals surface area (Å²) in [4.78, 5) is 0. The van der Waals surface area contributed by atoms with Crippen molar-refractivity contribution in [2.24, 2.45) is 0 Å². The second-order valence-electron chi connectivity index (χ2n) is 1.89. The van der Waals surface area contributed by atoms with Crippen molar-refractivity contribution in [2.45, 2.75) is 12.2 Å². The molecule has 0 N–H and O–H groups in total. The highest BCUT2D eigenvalue weighted by Gasteiger charge is 2.31. The Morgan fingerprint density at radius 1 is 1.50 bits per heavy atom. The minimum atomic E-state index is -4.33. The fraction of sp³-hybridized carbons (Fsp3) is 0.400. The summed E-state index contributed by atoms with van der Waals surface area (Å²) in [6.07, 6.45) is -2.74. The van der Waals surface area contributed by atoms with Crippen LogP contribution in [-0.4, -0.2) is 9.78 Å². The van der Waals surface area contributed by atoms with Crippen molar-refractivity contribution < 1.29 is 13.2 Å². The molecule has 1 aromatic heterocycles. The van der Waals surface area contributed by atoms with Gasteiger partial charge in [0.15, 0.2) is 0 Å². The molecule has 70 valence electrons. The van der Waals surface area contributed by atoms with Gasteiger partial charge in [-0.2, -0.15) is 18.3 Å². The van der Waals surface area contributed by atoms with Crippen LogP contribution in [0, 0.1) is 0 Å². The first-order valence-electron chi connectivity index (χ1n) is 2.69. The molecule has 2 nitrogen and oxygen atoms in total. The van der Waals surface area contributed by atoms with Crippen LogP contribution in [0.1, 0.15) is 5.56 Å². The van der Waals surface area contributed by atoms with Crippen LogP contribution in [0.2, 0.25) is 0 Å². The molecule has 0 aromatic carbocycles. The maximum Gasteiger partial charge on any atom is 0.419 e. The molecule has 0 aliphatic carbocycles. The van der Waals surface area contributed by atoms with E-state index in [4.69, 9.17) is 11.6 Å². The van der Waals surface area contributed by atoms with Crippen LogP contribution in [0.3, 0.4) is 0 Å². The molecule has 0 amide bonds. The van der Waals surface area contributed by atoms with Crippen molar-refractivity contribution in [3.05, 3.63) is 18.0 Å². The molecule has 0 radical (unpaired) electrons. The first-order chi connectivity index (χ1) is 5.04. The lowest BCUT2D eigenvalue weighted by Gasteiger charge is -1.99. The molecule has 1 rings (SSSR count). The first-order valence-corrected chi connectivity index (χ1v) is 3.23. The fourth-order valence-corrected chi connectivity index (χ4v) is 0.706. The van der Waals surface area contributed by atoms with Gasteiger partial charge in [-0.15, -0.1) is 24.0 Å². The molecule has 1 heterocycles. The third-order valence-electron chi connectivity index (χ3n) is 1.08. The lowest BCUT2D eigenvalue weighted by molar-refractivity contribution is -0.137. The average molecular weight is 221 g/mol. The monoisotopic (exact) mass is 220 g/mol. The number of hydrogen-bond acceptors (Lipinski definition) is 1. The maximum absolute atomic E-state index is 11.8. The van der Waals surface area contributed by atoms with Gasteiger partial charge < -0.3 is 0 Å². The number of nitrogens with zero attached hydrogens (tertiary/aromatic N) is 2. The molecule has 0 aliphatic heterocycles. The van der Waals surface area contributed by atoms with E-state index in [9.17, 15) is 13.2 Å². The van der Waals surface area contributed by atoms with E-state index in [2.05, 4.69) is 5.10 Å². The molecule has 0 bridgehead atoms. The Hall–Kier alpha value is -0.420. The van der Waals surface area contributed by atoms with Gasteiger partial charge in [-0.05, 0) is 0 Å². The maximum atomic E-state index is 11.8. The van der Waals surface area contributed by atoms with Gasteiger partial charge in [0.25, 0.3) is 0 Å². The highest BCUT2D eigenvalue weighted by Crippen LogP contribution is 2.28. The molecule has 7 heteroatoms. The van der Waals surface area contributed by atoms with Crippen LogP contribution < -0.4 is 0 Å².